The minimum Gasteiger partial charge on any atom is -0.494 e. The molecule has 0 saturated carbocycles. The predicted molar refractivity (Wildman–Crippen MR) is 94.2 cm³/mol. The highest BCUT2D eigenvalue weighted by molar-refractivity contribution is 5.93. The number of carbonyl (C=O) groups is 1. The molecule has 0 radical (unpaired) electrons. The summed E-state index contributed by atoms with van der Waals surface area (Å²) in [4.78, 5) is 12.3. The molecule has 0 aliphatic heterocycles. The van der Waals surface area contributed by atoms with Crippen molar-refractivity contribution >= 4 is 11.6 Å². The SMILES string of the molecule is CCOc1ccc(CC(=O)Nc2cc(OC)c(OC)cc2C)cc1. The van der Waals surface area contributed by atoms with E-state index in [1.165, 1.54) is 0 Å². The molecule has 0 bridgehead atoms. The second kappa shape index (κ2) is 8.24. The predicted octanol–water partition coefficient (Wildman–Crippen LogP) is 3.59. The van der Waals surface area contributed by atoms with Crippen LogP contribution in [0.1, 0.15) is 18.1 Å². The number of benzene rings is 2. The molecule has 24 heavy (non-hydrogen) atoms. The number of hydrogen-bond acceptors (Lipinski definition) is 4. The first kappa shape index (κ1) is 17.7. The highest BCUT2D eigenvalue weighted by atomic mass is 16.5. The average molecular weight is 329 g/mol. The summed E-state index contributed by atoms with van der Waals surface area (Å²) in [5.41, 5.74) is 2.55. The monoisotopic (exact) mass is 329 g/mol. The molecule has 2 aromatic carbocycles. The summed E-state index contributed by atoms with van der Waals surface area (Å²) in [7, 11) is 3.15. The van der Waals surface area contributed by atoms with E-state index < -0.39 is 0 Å². The first-order valence-electron chi connectivity index (χ1n) is 7.81. The highest BCUT2D eigenvalue weighted by Crippen LogP contribution is 2.32. The summed E-state index contributed by atoms with van der Waals surface area (Å²) < 4.78 is 15.9. The Kier molecular flexibility index (Phi) is 6.07. The van der Waals surface area contributed by atoms with E-state index in [9.17, 15) is 4.79 Å². The third kappa shape index (κ3) is 4.41. The fraction of sp³-hybridized carbons (Fsp3) is 0.316. The van der Waals surface area contributed by atoms with Gasteiger partial charge in [-0.1, -0.05) is 12.1 Å². The van der Waals surface area contributed by atoms with Crippen molar-refractivity contribution in [2.45, 2.75) is 20.3 Å². The van der Waals surface area contributed by atoms with Crippen molar-refractivity contribution < 1.29 is 19.0 Å². The molecule has 5 heteroatoms. The molecule has 2 rings (SSSR count). The first-order chi connectivity index (χ1) is 11.6. The van der Waals surface area contributed by atoms with E-state index in [0.29, 0.717) is 30.2 Å². The maximum atomic E-state index is 12.3. The largest absolute Gasteiger partial charge is 0.494 e. The van der Waals surface area contributed by atoms with Crippen LogP contribution in [0.4, 0.5) is 5.69 Å². The third-order valence-electron chi connectivity index (χ3n) is 3.60. The Morgan fingerprint density at radius 3 is 2.25 bits per heavy atom. The fourth-order valence-electron chi connectivity index (χ4n) is 2.37. The van der Waals surface area contributed by atoms with Crippen LogP contribution in [0, 0.1) is 6.92 Å². The number of rotatable bonds is 7. The highest BCUT2D eigenvalue weighted by Gasteiger charge is 2.11. The molecule has 0 spiro atoms. The molecule has 1 N–H and O–H groups in total. The van der Waals surface area contributed by atoms with Crippen molar-refractivity contribution in [2.24, 2.45) is 0 Å². The fourth-order valence-corrected chi connectivity index (χ4v) is 2.37. The molecular weight excluding hydrogens is 306 g/mol. The zero-order valence-electron chi connectivity index (χ0n) is 14.5. The van der Waals surface area contributed by atoms with Crippen LogP contribution in [0.15, 0.2) is 36.4 Å². The molecule has 128 valence electrons. The summed E-state index contributed by atoms with van der Waals surface area (Å²) in [6.45, 7) is 4.47. The average Bonchev–Trinajstić information content (AvgIpc) is 2.58. The second-order valence-corrected chi connectivity index (χ2v) is 5.32. The van der Waals surface area contributed by atoms with Gasteiger partial charge in [0, 0.05) is 11.8 Å². The molecule has 5 nitrogen and oxygen atoms in total. The van der Waals surface area contributed by atoms with Gasteiger partial charge in [0.05, 0.1) is 27.2 Å². The van der Waals surface area contributed by atoms with E-state index in [2.05, 4.69) is 5.32 Å². The maximum absolute atomic E-state index is 12.3. The van der Waals surface area contributed by atoms with Crippen molar-refractivity contribution in [1.82, 2.24) is 0 Å². The third-order valence-corrected chi connectivity index (χ3v) is 3.60. The van der Waals surface area contributed by atoms with Crippen LogP contribution in [0.5, 0.6) is 17.2 Å². The van der Waals surface area contributed by atoms with Gasteiger partial charge in [-0.05, 0) is 43.2 Å². The summed E-state index contributed by atoms with van der Waals surface area (Å²) in [5.74, 6) is 1.94. The number of nitrogens with one attached hydrogen (secondary N) is 1. The van der Waals surface area contributed by atoms with Crippen molar-refractivity contribution in [3.63, 3.8) is 0 Å². The lowest BCUT2D eigenvalue weighted by Gasteiger charge is -2.13. The molecule has 0 saturated heterocycles. The summed E-state index contributed by atoms with van der Waals surface area (Å²) in [5, 5.41) is 2.92. The molecule has 0 aliphatic carbocycles. The molecule has 0 fully saturated rings. The maximum Gasteiger partial charge on any atom is 0.228 e. The summed E-state index contributed by atoms with van der Waals surface area (Å²) in [6, 6.07) is 11.1. The normalized spacial score (nSPS) is 10.2. The van der Waals surface area contributed by atoms with E-state index in [-0.39, 0.29) is 5.91 Å². The van der Waals surface area contributed by atoms with Crippen LogP contribution in [0.3, 0.4) is 0 Å². The van der Waals surface area contributed by atoms with Crippen molar-refractivity contribution in [1.29, 1.82) is 0 Å². The number of aryl methyl sites for hydroxylation is 1. The second-order valence-electron chi connectivity index (χ2n) is 5.32. The number of ether oxygens (including phenoxy) is 3. The minimum atomic E-state index is -0.0884. The molecule has 0 unspecified atom stereocenters. The Balaban J connectivity index is 2.06. The van der Waals surface area contributed by atoms with E-state index in [4.69, 9.17) is 14.2 Å². The van der Waals surface area contributed by atoms with Crippen molar-refractivity contribution in [2.75, 3.05) is 26.1 Å². The van der Waals surface area contributed by atoms with Gasteiger partial charge in [-0.2, -0.15) is 0 Å². The van der Waals surface area contributed by atoms with Gasteiger partial charge in [-0.15, -0.1) is 0 Å². The van der Waals surface area contributed by atoms with E-state index in [1.807, 2.05) is 44.2 Å². The lowest BCUT2D eigenvalue weighted by Crippen LogP contribution is -2.15. The number of amides is 1. The Morgan fingerprint density at radius 1 is 1.04 bits per heavy atom. The van der Waals surface area contributed by atoms with E-state index in [1.54, 1.807) is 20.3 Å². The Morgan fingerprint density at radius 2 is 1.67 bits per heavy atom. The van der Waals surface area contributed by atoms with E-state index >= 15 is 0 Å². The number of hydrogen-bond donors (Lipinski definition) is 1. The standard InChI is InChI=1S/C19H23NO4/c1-5-24-15-8-6-14(7-9-15)11-19(21)20-16-12-18(23-4)17(22-3)10-13(16)2/h6-10,12H,5,11H2,1-4H3,(H,20,21). The Hall–Kier alpha value is -2.69. The molecular formula is C19H23NO4. The van der Waals surface area contributed by atoms with Gasteiger partial charge in [-0.25, -0.2) is 0 Å². The molecule has 0 aromatic heterocycles. The summed E-state index contributed by atoms with van der Waals surface area (Å²) >= 11 is 0. The molecule has 0 atom stereocenters. The number of carbonyl (C=O) groups excluding carboxylic acids is 1. The van der Waals surface area contributed by atoms with Crippen LogP contribution in [0.2, 0.25) is 0 Å². The quantitative estimate of drug-likeness (QED) is 0.843. The lowest BCUT2D eigenvalue weighted by molar-refractivity contribution is -0.115. The zero-order valence-corrected chi connectivity index (χ0v) is 14.5. The number of anilines is 1. The van der Waals surface area contributed by atoms with Gasteiger partial charge >= 0.3 is 0 Å². The van der Waals surface area contributed by atoms with Crippen LogP contribution in [-0.2, 0) is 11.2 Å². The molecule has 1 amide bonds. The summed E-state index contributed by atoms with van der Waals surface area (Å²) in [6.07, 6.45) is 0.292. The first-order valence-corrected chi connectivity index (χ1v) is 7.81. The van der Waals surface area contributed by atoms with Crippen molar-refractivity contribution in [3.8, 4) is 17.2 Å². The topological polar surface area (TPSA) is 56.8 Å². The van der Waals surface area contributed by atoms with Gasteiger partial charge in [0.1, 0.15) is 5.75 Å². The van der Waals surface area contributed by atoms with Gasteiger partial charge in [0.25, 0.3) is 0 Å². The van der Waals surface area contributed by atoms with Crippen LogP contribution < -0.4 is 19.5 Å². The van der Waals surface area contributed by atoms with Gasteiger partial charge in [-0.3, -0.25) is 4.79 Å². The molecule has 0 aliphatic rings. The zero-order chi connectivity index (χ0) is 17.5. The van der Waals surface area contributed by atoms with Gasteiger partial charge < -0.3 is 19.5 Å². The van der Waals surface area contributed by atoms with E-state index in [0.717, 1.165) is 16.9 Å². The van der Waals surface area contributed by atoms with Gasteiger partial charge in [0.15, 0.2) is 11.5 Å². The van der Waals surface area contributed by atoms with Crippen LogP contribution in [-0.4, -0.2) is 26.7 Å². The smallest absolute Gasteiger partial charge is 0.228 e. The van der Waals surface area contributed by atoms with Gasteiger partial charge in [0.2, 0.25) is 5.91 Å². The molecule has 0 heterocycles. The van der Waals surface area contributed by atoms with Crippen LogP contribution in [0.25, 0.3) is 0 Å². The minimum absolute atomic E-state index is 0.0884. The Labute approximate surface area is 142 Å². The Bertz CT molecular complexity index is 695. The lowest BCUT2D eigenvalue weighted by atomic mass is 10.1. The van der Waals surface area contributed by atoms with Crippen molar-refractivity contribution in [3.05, 3.63) is 47.5 Å². The van der Waals surface area contributed by atoms with Crippen LogP contribution >= 0.6 is 0 Å². The molecule has 2 aromatic rings. The number of methoxy groups -OCH3 is 2.